The Morgan fingerprint density at radius 2 is 1.31 bits per heavy atom. The Kier molecular flexibility index (Phi) is 9.26. The molecule has 0 amide bonds. The fourth-order valence-electron chi connectivity index (χ4n) is 5.82. The number of benzene rings is 1. The van der Waals surface area contributed by atoms with Crippen LogP contribution < -0.4 is 10.4 Å². The van der Waals surface area contributed by atoms with E-state index < -0.39 is 73.3 Å². The molecular formula is C28H32O11S3. The van der Waals surface area contributed by atoms with Crippen LogP contribution in [0.15, 0.2) is 40.2 Å². The average molecular weight is 641 g/mol. The molecule has 0 spiro atoms. The Bertz CT molecular complexity index is 1890. The number of hydrogen-bond acceptors (Lipinski definition) is 8. The molecule has 0 fully saturated rings. The second-order valence-corrected chi connectivity index (χ2v) is 14.7. The van der Waals surface area contributed by atoms with Gasteiger partial charge < -0.3 is 0 Å². The van der Waals surface area contributed by atoms with Gasteiger partial charge in [0.2, 0.25) is 5.78 Å². The zero-order valence-corrected chi connectivity index (χ0v) is 25.3. The minimum Gasteiger partial charge on any atom is -0.294 e. The van der Waals surface area contributed by atoms with E-state index in [9.17, 15) is 48.5 Å². The minimum atomic E-state index is -5.35. The van der Waals surface area contributed by atoms with Gasteiger partial charge in [0, 0.05) is 28.7 Å². The third-order valence-corrected chi connectivity index (χ3v) is 10.5. The molecule has 0 radical (unpaired) electrons. The van der Waals surface area contributed by atoms with Crippen molar-refractivity contribution < 1.29 is 48.5 Å². The van der Waals surface area contributed by atoms with Gasteiger partial charge in [0.15, 0.2) is 15.6 Å². The average Bonchev–Trinajstić information content (AvgIpc) is 2.87. The second kappa shape index (κ2) is 12.1. The van der Waals surface area contributed by atoms with E-state index in [1.807, 2.05) is 0 Å². The molecule has 42 heavy (non-hydrogen) atoms. The maximum atomic E-state index is 13.4. The molecule has 0 saturated heterocycles. The fourth-order valence-corrected chi connectivity index (χ4v) is 8.24. The molecule has 0 heterocycles. The predicted octanol–water partition coefficient (Wildman–Crippen LogP) is 2.94. The van der Waals surface area contributed by atoms with Crippen LogP contribution in [-0.4, -0.2) is 50.5 Å². The van der Waals surface area contributed by atoms with E-state index in [1.54, 1.807) is 0 Å². The third kappa shape index (κ3) is 6.29. The van der Waals surface area contributed by atoms with Crippen LogP contribution >= 0.6 is 0 Å². The number of allylic oxidation sites excluding steroid dienone is 6. The molecule has 1 aromatic rings. The normalized spacial score (nSPS) is 18.3. The van der Waals surface area contributed by atoms with Crippen molar-refractivity contribution in [3.63, 3.8) is 0 Å². The number of ketones is 2. The largest absolute Gasteiger partial charge is 0.299 e. The summed E-state index contributed by atoms with van der Waals surface area (Å²) in [5.74, 6) is -3.40. The summed E-state index contributed by atoms with van der Waals surface area (Å²) < 4.78 is 104. The molecule has 0 aromatic heterocycles. The van der Waals surface area contributed by atoms with Gasteiger partial charge in [-0.15, -0.1) is 0 Å². The highest BCUT2D eigenvalue weighted by molar-refractivity contribution is 7.97. The first-order valence-corrected chi connectivity index (χ1v) is 18.0. The number of unbranched alkanes of at least 4 members (excludes halogenated alkanes) is 8. The van der Waals surface area contributed by atoms with Crippen LogP contribution in [0.25, 0.3) is 16.1 Å². The summed E-state index contributed by atoms with van der Waals surface area (Å²) in [5, 5.41) is -0.284. The van der Waals surface area contributed by atoms with Gasteiger partial charge in [0.1, 0.15) is 0 Å². The molecule has 14 heteroatoms. The van der Waals surface area contributed by atoms with Crippen LogP contribution in [-0.2, 0) is 39.9 Å². The van der Waals surface area contributed by atoms with E-state index in [4.69, 9.17) is 0 Å². The Labute approximate surface area is 244 Å². The summed E-state index contributed by atoms with van der Waals surface area (Å²) in [5.41, 5.74) is -0.835. The van der Waals surface area contributed by atoms with Crippen molar-refractivity contribution in [1.29, 1.82) is 0 Å². The van der Waals surface area contributed by atoms with Crippen molar-refractivity contribution in [2.75, 3.05) is 0 Å². The Balaban J connectivity index is 1.84. The van der Waals surface area contributed by atoms with Gasteiger partial charge in [-0.3, -0.25) is 23.2 Å². The van der Waals surface area contributed by atoms with Crippen LogP contribution in [0.1, 0.15) is 88.2 Å². The van der Waals surface area contributed by atoms with E-state index in [2.05, 4.69) is 6.92 Å². The molecule has 0 aliphatic heterocycles. The van der Waals surface area contributed by atoms with Gasteiger partial charge >= 0.3 is 0 Å². The van der Waals surface area contributed by atoms with Crippen LogP contribution in [0.4, 0.5) is 0 Å². The lowest BCUT2D eigenvalue weighted by atomic mass is 9.76. The molecule has 4 rings (SSSR count). The zero-order valence-electron chi connectivity index (χ0n) is 22.9. The maximum Gasteiger partial charge on any atom is 0.299 e. The van der Waals surface area contributed by atoms with Crippen molar-refractivity contribution in [2.24, 2.45) is 0 Å². The second-order valence-electron chi connectivity index (χ2n) is 10.6. The summed E-state index contributed by atoms with van der Waals surface area (Å²) in [6.07, 6.45) is 12.3. The summed E-state index contributed by atoms with van der Waals surface area (Å²) in [6, 6.07) is 2.40. The maximum absolute atomic E-state index is 13.4. The molecule has 1 atom stereocenters. The molecule has 3 aliphatic rings. The van der Waals surface area contributed by atoms with Crippen molar-refractivity contribution >= 4 is 58.0 Å². The first-order valence-electron chi connectivity index (χ1n) is 13.6. The zero-order chi connectivity index (χ0) is 31.0. The Morgan fingerprint density at radius 3 is 1.86 bits per heavy atom. The van der Waals surface area contributed by atoms with Gasteiger partial charge in [-0.25, -0.2) is 0 Å². The van der Waals surface area contributed by atoms with Gasteiger partial charge in [0.25, 0.3) is 30.4 Å². The third-order valence-electron chi connectivity index (χ3n) is 7.69. The summed E-state index contributed by atoms with van der Waals surface area (Å²) in [6.45, 7) is 2.15. The molecule has 11 nitrogen and oxygen atoms in total. The van der Waals surface area contributed by atoms with E-state index >= 15 is 0 Å². The number of Topliss-reactive ketones (excluding diaryl/α,β-unsaturated/α-hetero) is 2. The topological polar surface area (TPSA) is 197 Å². The highest BCUT2D eigenvalue weighted by atomic mass is 32.2. The quantitative estimate of drug-likeness (QED) is 0.200. The molecule has 3 aliphatic carbocycles. The van der Waals surface area contributed by atoms with Gasteiger partial charge in [-0.2, -0.15) is 25.3 Å². The van der Waals surface area contributed by atoms with Gasteiger partial charge in [-0.1, -0.05) is 82.6 Å². The minimum absolute atomic E-state index is 0.0506. The summed E-state index contributed by atoms with van der Waals surface area (Å²) >= 11 is 0. The number of carbonyl (C=O) groups excluding carboxylic acids is 2. The lowest BCUT2D eigenvalue weighted by Gasteiger charge is -2.31. The molecular weight excluding hydrogens is 608 g/mol. The first-order chi connectivity index (χ1) is 19.6. The number of rotatable bonds is 14. The van der Waals surface area contributed by atoms with Crippen molar-refractivity contribution in [1.82, 2.24) is 0 Å². The standard InChI is InChI=1S/C28H32O11S3/c1-2-3-4-5-6-7-8-9-10-11-22(29)21-16-23(40(31,32)33)18-13-15-20-25-19(14-12-17(21)24(18)25)27(41(34,35)36)26(30)28(20)42(37,38)39/h12-16,18H,2-11H2,1H3,(H,31,32,33)(H,34,35,36)(H,37,38,39). The van der Waals surface area contributed by atoms with E-state index in [1.165, 1.54) is 25.0 Å². The summed E-state index contributed by atoms with van der Waals surface area (Å²) in [7, 11) is -15.6. The molecule has 0 bridgehead atoms. The molecule has 228 valence electrons. The molecule has 0 saturated carbocycles. The van der Waals surface area contributed by atoms with E-state index in [0.717, 1.165) is 56.7 Å². The van der Waals surface area contributed by atoms with Gasteiger partial charge in [0.05, 0.1) is 4.91 Å². The van der Waals surface area contributed by atoms with Gasteiger partial charge in [-0.05, 0) is 28.8 Å². The van der Waals surface area contributed by atoms with E-state index in [-0.39, 0.29) is 28.3 Å². The highest BCUT2D eigenvalue weighted by Gasteiger charge is 2.43. The Morgan fingerprint density at radius 1 is 0.762 bits per heavy atom. The monoisotopic (exact) mass is 640 g/mol. The van der Waals surface area contributed by atoms with Crippen molar-refractivity contribution in [2.45, 2.75) is 77.0 Å². The van der Waals surface area contributed by atoms with Crippen LogP contribution in [0, 0.1) is 0 Å². The highest BCUT2D eigenvalue weighted by Crippen LogP contribution is 2.42. The van der Waals surface area contributed by atoms with Crippen molar-refractivity contribution in [3.05, 3.63) is 61.7 Å². The lowest BCUT2D eigenvalue weighted by molar-refractivity contribution is -0.114. The number of hydrogen-bond donors (Lipinski definition) is 3. The predicted molar refractivity (Wildman–Crippen MR) is 156 cm³/mol. The van der Waals surface area contributed by atoms with Crippen molar-refractivity contribution in [3.8, 4) is 0 Å². The smallest absolute Gasteiger partial charge is 0.294 e. The molecule has 1 unspecified atom stereocenters. The molecule has 1 aromatic carbocycles. The lowest BCUT2D eigenvalue weighted by Crippen LogP contribution is -2.38. The molecule has 3 N–H and O–H groups in total. The van der Waals surface area contributed by atoms with E-state index in [0.29, 0.717) is 6.42 Å². The Hall–Kier alpha value is -2.75. The SMILES string of the molecule is CCCCCCCCCCCC(=O)C1=c2ccc3c4c2C(C=CC4=C(S(=O)(=O)O)C(=O)C=3S(=O)(=O)O)C(S(=O)(=O)O)=C1. The van der Waals surface area contributed by atoms with Crippen LogP contribution in [0.2, 0.25) is 0 Å². The van der Waals surface area contributed by atoms with Crippen LogP contribution in [0.3, 0.4) is 0 Å². The first kappa shape index (κ1) is 32.2. The van der Waals surface area contributed by atoms with Crippen LogP contribution in [0.5, 0.6) is 0 Å². The fraction of sp³-hybridized carbons (Fsp3) is 0.429. The summed E-state index contributed by atoms with van der Waals surface area (Å²) in [4.78, 5) is 23.1. The number of carbonyl (C=O) groups is 2.